The Morgan fingerprint density at radius 1 is 1.29 bits per heavy atom. The fourth-order valence-corrected chi connectivity index (χ4v) is 4.66. The highest BCUT2D eigenvalue weighted by Gasteiger charge is 2.38. The molecule has 1 aliphatic heterocycles. The first-order chi connectivity index (χ1) is 8.31. The van der Waals surface area contributed by atoms with Crippen LogP contribution in [0.3, 0.4) is 0 Å². The molecule has 1 atom stereocenters. The molecule has 3 rings (SSSR count). The molecule has 0 bridgehead atoms. The van der Waals surface area contributed by atoms with E-state index in [0.717, 1.165) is 12.0 Å². The fourth-order valence-electron chi connectivity index (χ4n) is 3.65. The zero-order chi connectivity index (χ0) is 11.7. The molecule has 2 saturated carbocycles. The summed E-state index contributed by atoms with van der Waals surface area (Å²) >= 11 is 2.14. The summed E-state index contributed by atoms with van der Waals surface area (Å²) in [5, 5.41) is 3.72. The minimum absolute atomic E-state index is 0.603. The van der Waals surface area contributed by atoms with E-state index in [2.05, 4.69) is 28.2 Å². The van der Waals surface area contributed by atoms with E-state index in [1.165, 1.54) is 64.7 Å². The molecule has 17 heavy (non-hydrogen) atoms. The lowest BCUT2D eigenvalue weighted by molar-refractivity contribution is 0.173. The van der Waals surface area contributed by atoms with Gasteiger partial charge in [-0.1, -0.05) is 12.8 Å². The van der Waals surface area contributed by atoms with Crippen LogP contribution in [0.4, 0.5) is 0 Å². The second-order valence-electron chi connectivity index (χ2n) is 6.23. The van der Waals surface area contributed by atoms with Gasteiger partial charge in [-0.25, -0.2) is 0 Å². The van der Waals surface area contributed by atoms with Crippen LogP contribution in [-0.2, 0) is 0 Å². The van der Waals surface area contributed by atoms with Crippen LogP contribution >= 0.6 is 11.8 Å². The SMILES string of the molecule is CSC1(CN2CCNC(C3CC3)C2)CCCC1. The molecular weight excluding hydrogens is 228 g/mol. The predicted molar refractivity (Wildman–Crippen MR) is 75.7 cm³/mol. The molecule has 0 aromatic heterocycles. The first kappa shape index (κ1) is 12.3. The van der Waals surface area contributed by atoms with Crippen LogP contribution in [0, 0.1) is 5.92 Å². The Bertz CT molecular complexity index is 259. The Balaban J connectivity index is 1.56. The monoisotopic (exact) mass is 254 g/mol. The Labute approximate surface area is 110 Å². The molecule has 0 spiro atoms. The van der Waals surface area contributed by atoms with E-state index < -0.39 is 0 Å². The van der Waals surface area contributed by atoms with Gasteiger partial charge in [0.05, 0.1) is 0 Å². The van der Waals surface area contributed by atoms with E-state index in [1.54, 1.807) is 0 Å². The lowest BCUT2D eigenvalue weighted by atomic mass is 10.0. The number of rotatable bonds is 4. The standard InChI is InChI=1S/C14H26N2S/c1-17-14(6-2-3-7-14)11-16-9-8-15-13(10-16)12-4-5-12/h12-13,15H,2-11H2,1H3. The highest BCUT2D eigenvalue weighted by atomic mass is 32.2. The molecule has 1 N–H and O–H groups in total. The van der Waals surface area contributed by atoms with Gasteiger partial charge in [0.1, 0.15) is 0 Å². The summed E-state index contributed by atoms with van der Waals surface area (Å²) in [6.45, 7) is 5.14. The van der Waals surface area contributed by atoms with Crippen molar-refractivity contribution in [3.8, 4) is 0 Å². The maximum Gasteiger partial charge on any atom is 0.0284 e. The maximum absolute atomic E-state index is 3.72. The Kier molecular flexibility index (Phi) is 3.69. The largest absolute Gasteiger partial charge is 0.311 e. The topological polar surface area (TPSA) is 15.3 Å². The molecule has 3 heteroatoms. The van der Waals surface area contributed by atoms with E-state index in [1.807, 2.05) is 0 Å². The summed E-state index contributed by atoms with van der Waals surface area (Å²) in [6.07, 6.45) is 11.1. The fraction of sp³-hybridized carbons (Fsp3) is 1.00. The van der Waals surface area contributed by atoms with Gasteiger partial charge in [0.15, 0.2) is 0 Å². The van der Waals surface area contributed by atoms with Crippen molar-refractivity contribution < 1.29 is 0 Å². The smallest absolute Gasteiger partial charge is 0.0284 e. The first-order valence-corrected chi connectivity index (χ1v) is 8.55. The predicted octanol–water partition coefficient (Wildman–Crippen LogP) is 2.35. The zero-order valence-electron chi connectivity index (χ0n) is 11.1. The van der Waals surface area contributed by atoms with Crippen LogP contribution in [0.2, 0.25) is 0 Å². The summed E-state index contributed by atoms with van der Waals surface area (Å²) in [5.74, 6) is 1.01. The third-order valence-electron chi connectivity index (χ3n) is 4.94. The van der Waals surface area contributed by atoms with Crippen molar-refractivity contribution in [1.82, 2.24) is 10.2 Å². The molecule has 1 unspecified atom stereocenters. The van der Waals surface area contributed by atoms with Crippen LogP contribution in [0.1, 0.15) is 38.5 Å². The second-order valence-corrected chi connectivity index (χ2v) is 7.50. The Hall–Kier alpha value is 0.270. The molecule has 3 aliphatic rings. The van der Waals surface area contributed by atoms with Crippen molar-refractivity contribution in [2.24, 2.45) is 5.92 Å². The molecule has 3 fully saturated rings. The third-order valence-corrected chi connectivity index (χ3v) is 6.34. The number of hydrogen-bond acceptors (Lipinski definition) is 3. The van der Waals surface area contributed by atoms with Gasteiger partial charge in [0.2, 0.25) is 0 Å². The Morgan fingerprint density at radius 3 is 2.71 bits per heavy atom. The zero-order valence-corrected chi connectivity index (χ0v) is 11.9. The van der Waals surface area contributed by atoms with Crippen molar-refractivity contribution in [3.63, 3.8) is 0 Å². The lowest BCUT2D eigenvalue weighted by Crippen LogP contribution is -2.54. The highest BCUT2D eigenvalue weighted by Crippen LogP contribution is 2.41. The van der Waals surface area contributed by atoms with Gasteiger partial charge in [-0.15, -0.1) is 0 Å². The van der Waals surface area contributed by atoms with Gasteiger partial charge in [0, 0.05) is 37.0 Å². The molecule has 1 heterocycles. The van der Waals surface area contributed by atoms with Crippen LogP contribution in [0.25, 0.3) is 0 Å². The molecule has 98 valence electrons. The summed E-state index contributed by atoms with van der Waals surface area (Å²) < 4.78 is 0.603. The van der Waals surface area contributed by atoms with Crippen LogP contribution in [-0.4, -0.2) is 48.1 Å². The van der Waals surface area contributed by atoms with Gasteiger partial charge in [-0.05, 0) is 37.9 Å². The van der Waals surface area contributed by atoms with E-state index >= 15 is 0 Å². The third kappa shape index (κ3) is 2.82. The summed E-state index contributed by atoms with van der Waals surface area (Å²) in [7, 11) is 0. The molecule has 2 nitrogen and oxygen atoms in total. The van der Waals surface area contributed by atoms with Gasteiger partial charge >= 0.3 is 0 Å². The van der Waals surface area contributed by atoms with Crippen LogP contribution in [0.5, 0.6) is 0 Å². The molecular formula is C14H26N2S. The minimum atomic E-state index is 0.603. The second kappa shape index (κ2) is 5.10. The van der Waals surface area contributed by atoms with E-state index in [4.69, 9.17) is 0 Å². The first-order valence-electron chi connectivity index (χ1n) is 7.32. The molecule has 2 aliphatic carbocycles. The quantitative estimate of drug-likeness (QED) is 0.829. The number of hydrogen-bond donors (Lipinski definition) is 1. The van der Waals surface area contributed by atoms with Crippen molar-refractivity contribution in [2.75, 3.05) is 32.4 Å². The van der Waals surface area contributed by atoms with Crippen molar-refractivity contribution >= 4 is 11.8 Å². The highest BCUT2D eigenvalue weighted by molar-refractivity contribution is 8.00. The van der Waals surface area contributed by atoms with Gasteiger partial charge in [-0.3, -0.25) is 4.90 Å². The number of thioether (sulfide) groups is 1. The van der Waals surface area contributed by atoms with Crippen LogP contribution in [0.15, 0.2) is 0 Å². The van der Waals surface area contributed by atoms with E-state index in [0.29, 0.717) is 4.75 Å². The van der Waals surface area contributed by atoms with Crippen molar-refractivity contribution in [2.45, 2.75) is 49.3 Å². The molecule has 0 aromatic rings. The maximum atomic E-state index is 3.72. The van der Waals surface area contributed by atoms with E-state index in [9.17, 15) is 0 Å². The van der Waals surface area contributed by atoms with Gasteiger partial charge in [0.25, 0.3) is 0 Å². The van der Waals surface area contributed by atoms with Gasteiger partial charge in [-0.2, -0.15) is 11.8 Å². The minimum Gasteiger partial charge on any atom is -0.311 e. The van der Waals surface area contributed by atoms with Gasteiger partial charge < -0.3 is 5.32 Å². The normalized spacial score (nSPS) is 34.1. The average molecular weight is 254 g/mol. The number of nitrogens with zero attached hydrogens (tertiary/aromatic N) is 1. The van der Waals surface area contributed by atoms with E-state index in [-0.39, 0.29) is 0 Å². The van der Waals surface area contributed by atoms with Crippen molar-refractivity contribution in [3.05, 3.63) is 0 Å². The Morgan fingerprint density at radius 2 is 2.06 bits per heavy atom. The summed E-state index contributed by atoms with van der Waals surface area (Å²) in [4.78, 5) is 2.75. The van der Waals surface area contributed by atoms with Crippen LogP contribution < -0.4 is 5.32 Å². The lowest BCUT2D eigenvalue weighted by Gasteiger charge is -2.39. The number of piperazine rings is 1. The molecule has 0 radical (unpaired) electrons. The average Bonchev–Trinajstić information content (AvgIpc) is 3.11. The summed E-state index contributed by atoms with van der Waals surface area (Å²) in [6, 6.07) is 0.809. The molecule has 0 amide bonds. The van der Waals surface area contributed by atoms with Crippen molar-refractivity contribution in [1.29, 1.82) is 0 Å². The number of nitrogens with one attached hydrogen (secondary N) is 1. The summed E-state index contributed by atoms with van der Waals surface area (Å²) in [5.41, 5.74) is 0. The molecule has 0 aromatic carbocycles. The molecule has 1 saturated heterocycles.